The average molecular weight is 533 g/mol. The summed E-state index contributed by atoms with van der Waals surface area (Å²) in [6, 6.07) is 12.6. The zero-order chi connectivity index (χ0) is 24.4. The number of thioether (sulfide) groups is 1. The average Bonchev–Trinajstić information content (AvgIpc) is 3.10. The topological polar surface area (TPSA) is 64.0 Å². The molecule has 176 valence electrons. The Hall–Kier alpha value is -2.32. The summed E-state index contributed by atoms with van der Waals surface area (Å²) in [5.74, 6) is -0.154. The van der Waals surface area contributed by atoms with Crippen LogP contribution in [0.3, 0.4) is 0 Å². The van der Waals surface area contributed by atoms with E-state index in [2.05, 4.69) is 12.2 Å². The second kappa shape index (κ2) is 10.5. The van der Waals surface area contributed by atoms with Crippen LogP contribution in [0.1, 0.15) is 29.3 Å². The summed E-state index contributed by atoms with van der Waals surface area (Å²) in [6.45, 7) is 6.09. The molecule has 0 saturated carbocycles. The van der Waals surface area contributed by atoms with Gasteiger partial charge in [0.05, 0.1) is 26.9 Å². The van der Waals surface area contributed by atoms with Gasteiger partial charge in [-0.2, -0.15) is 0 Å². The Bertz CT molecular complexity index is 1450. The molecule has 0 fully saturated rings. The number of hydrogen-bond donors (Lipinski definition) is 1. The molecule has 1 N–H and O–H groups in total. The molecule has 1 amide bonds. The summed E-state index contributed by atoms with van der Waals surface area (Å²) >= 11 is 14.8. The number of anilines is 1. The zero-order valence-corrected chi connectivity index (χ0v) is 22.1. The number of fused-ring (bicyclic) bond motifs is 1. The first-order valence-corrected chi connectivity index (χ1v) is 13.3. The summed E-state index contributed by atoms with van der Waals surface area (Å²) in [7, 11) is 0. The van der Waals surface area contributed by atoms with Crippen molar-refractivity contribution in [2.45, 2.75) is 38.8 Å². The van der Waals surface area contributed by atoms with Crippen LogP contribution in [0.4, 0.5) is 5.69 Å². The first kappa shape index (κ1) is 24.8. The molecule has 5 nitrogen and oxygen atoms in total. The van der Waals surface area contributed by atoms with Gasteiger partial charge in [0, 0.05) is 10.6 Å². The van der Waals surface area contributed by atoms with Gasteiger partial charge in [-0.15, -0.1) is 11.3 Å². The summed E-state index contributed by atoms with van der Waals surface area (Å²) in [5, 5.41) is 4.73. The molecule has 2 aromatic heterocycles. The fraction of sp³-hybridized carbons (Fsp3) is 0.240. The van der Waals surface area contributed by atoms with Gasteiger partial charge in [-0.05, 0) is 61.7 Å². The van der Waals surface area contributed by atoms with Crippen LogP contribution in [0.15, 0.2) is 52.4 Å². The van der Waals surface area contributed by atoms with Crippen molar-refractivity contribution in [3.63, 3.8) is 0 Å². The van der Waals surface area contributed by atoms with Crippen LogP contribution in [0.5, 0.6) is 0 Å². The highest BCUT2D eigenvalue weighted by molar-refractivity contribution is 7.99. The molecule has 0 aliphatic carbocycles. The molecule has 0 bridgehead atoms. The molecule has 9 heteroatoms. The maximum absolute atomic E-state index is 13.7. The van der Waals surface area contributed by atoms with Gasteiger partial charge in [-0.3, -0.25) is 14.2 Å². The van der Waals surface area contributed by atoms with E-state index in [1.807, 2.05) is 38.1 Å². The van der Waals surface area contributed by atoms with E-state index >= 15 is 0 Å². The number of carbonyl (C=O) groups excluding carboxylic acids is 1. The molecular weight excluding hydrogens is 509 g/mol. The minimum Gasteiger partial charge on any atom is -0.325 e. The maximum Gasteiger partial charge on any atom is 0.267 e. The summed E-state index contributed by atoms with van der Waals surface area (Å²) in [6.07, 6.45) is 1.90. The van der Waals surface area contributed by atoms with Gasteiger partial charge in [0.15, 0.2) is 5.16 Å². The number of aromatic nitrogens is 2. The number of nitrogens with one attached hydrogen (secondary N) is 1. The number of benzene rings is 2. The predicted octanol–water partition coefficient (Wildman–Crippen LogP) is 7.05. The molecule has 34 heavy (non-hydrogen) atoms. The van der Waals surface area contributed by atoms with Crippen molar-refractivity contribution in [3.8, 4) is 5.69 Å². The quantitative estimate of drug-likeness (QED) is 0.205. The molecule has 0 atom stereocenters. The third-order valence-electron chi connectivity index (χ3n) is 5.31. The normalized spacial score (nSPS) is 11.2. The van der Waals surface area contributed by atoms with E-state index in [9.17, 15) is 9.59 Å². The number of hydrogen-bond acceptors (Lipinski definition) is 5. The van der Waals surface area contributed by atoms with Gasteiger partial charge in [0.2, 0.25) is 5.91 Å². The van der Waals surface area contributed by atoms with Crippen LogP contribution < -0.4 is 10.9 Å². The largest absolute Gasteiger partial charge is 0.325 e. The molecule has 0 unspecified atom stereocenters. The molecule has 0 spiro atoms. The Labute approximate surface area is 216 Å². The molecule has 2 heterocycles. The van der Waals surface area contributed by atoms with Gasteiger partial charge in [-0.25, -0.2) is 4.98 Å². The van der Waals surface area contributed by atoms with Gasteiger partial charge in [0.25, 0.3) is 5.56 Å². The number of nitrogens with zero attached hydrogens (tertiary/aromatic N) is 2. The van der Waals surface area contributed by atoms with Crippen LogP contribution in [0, 0.1) is 13.8 Å². The van der Waals surface area contributed by atoms with Crippen LogP contribution in [0.2, 0.25) is 10.0 Å². The lowest BCUT2D eigenvalue weighted by atomic mass is 10.1. The Morgan fingerprint density at radius 2 is 1.94 bits per heavy atom. The van der Waals surface area contributed by atoms with E-state index < -0.39 is 0 Å². The van der Waals surface area contributed by atoms with Crippen molar-refractivity contribution < 1.29 is 4.79 Å². The fourth-order valence-electron chi connectivity index (χ4n) is 3.67. The van der Waals surface area contributed by atoms with E-state index in [0.717, 1.165) is 29.7 Å². The van der Waals surface area contributed by atoms with Crippen molar-refractivity contribution in [1.82, 2.24) is 9.55 Å². The van der Waals surface area contributed by atoms with E-state index in [4.69, 9.17) is 28.2 Å². The molecule has 2 aromatic carbocycles. The van der Waals surface area contributed by atoms with Crippen LogP contribution in [0.25, 0.3) is 15.9 Å². The third-order valence-corrected chi connectivity index (χ3v) is 8.23. The molecule has 0 radical (unpaired) electrons. The zero-order valence-electron chi connectivity index (χ0n) is 18.9. The molecule has 0 saturated heterocycles. The Morgan fingerprint density at radius 1 is 1.15 bits per heavy atom. The van der Waals surface area contributed by atoms with Gasteiger partial charge in [0.1, 0.15) is 4.83 Å². The van der Waals surface area contributed by atoms with Gasteiger partial charge < -0.3 is 5.32 Å². The van der Waals surface area contributed by atoms with Crippen molar-refractivity contribution in [2.24, 2.45) is 0 Å². The minimum absolute atomic E-state index is 0.0795. The van der Waals surface area contributed by atoms with E-state index in [0.29, 0.717) is 31.1 Å². The van der Waals surface area contributed by atoms with Gasteiger partial charge in [-0.1, -0.05) is 60.4 Å². The molecule has 4 rings (SSSR count). The fourth-order valence-corrected chi connectivity index (χ4v) is 6.10. The lowest BCUT2D eigenvalue weighted by Gasteiger charge is -2.13. The highest BCUT2D eigenvalue weighted by Crippen LogP contribution is 2.31. The summed E-state index contributed by atoms with van der Waals surface area (Å²) in [5.41, 5.74) is 3.20. The molecular formula is C25H23Cl2N3O2S2. The van der Waals surface area contributed by atoms with Crippen molar-refractivity contribution in [1.29, 1.82) is 0 Å². The summed E-state index contributed by atoms with van der Waals surface area (Å²) < 4.78 is 1.61. The number of carbonyl (C=O) groups is 1. The van der Waals surface area contributed by atoms with Crippen LogP contribution >= 0.6 is 46.3 Å². The number of halogens is 2. The SMILES string of the molecule is CCCc1sc2nc(SCC(=O)Nc3ccc(Cl)c(Cl)c3)n(-c3cccc(C)c3)c(=O)c2c1C. The molecule has 0 aliphatic heterocycles. The third kappa shape index (κ3) is 5.18. The predicted molar refractivity (Wildman–Crippen MR) is 145 cm³/mol. The van der Waals surface area contributed by atoms with Crippen LogP contribution in [-0.4, -0.2) is 21.2 Å². The number of aryl methyl sites for hydroxylation is 3. The van der Waals surface area contributed by atoms with Crippen molar-refractivity contribution in [3.05, 3.63) is 78.9 Å². The first-order chi connectivity index (χ1) is 16.3. The Kier molecular flexibility index (Phi) is 7.67. The van der Waals surface area contributed by atoms with E-state index in [-0.39, 0.29) is 17.2 Å². The van der Waals surface area contributed by atoms with E-state index in [1.165, 1.54) is 16.6 Å². The van der Waals surface area contributed by atoms with Gasteiger partial charge >= 0.3 is 0 Å². The van der Waals surface area contributed by atoms with Crippen LogP contribution in [-0.2, 0) is 11.2 Å². The maximum atomic E-state index is 13.7. The lowest BCUT2D eigenvalue weighted by molar-refractivity contribution is -0.113. The Morgan fingerprint density at radius 3 is 2.65 bits per heavy atom. The number of rotatable bonds is 7. The summed E-state index contributed by atoms with van der Waals surface area (Å²) in [4.78, 5) is 33.1. The Balaban J connectivity index is 1.71. The first-order valence-electron chi connectivity index (χ1n) is 10.8. The van der Waals surface area contributed by atoms with Crippen molar-refractivity contribution >= 4 is 68.1 Å². The second-order valence-electron chi connectivity index (χ2n) is 7.92. The number of thiophene rings is 1. The smallest absolute Gasteiger partial charge is 0.267 e. The lowest BCUT2D eigenvalue weighted by Crippen LogP contribution is -2.23. The molecule has 0 aliphatic rings. The number of amides is 1. The second-order valence-corrected chi connectivity index (χ2v) is 10.8. The monoisotopic (exact) mass is 531 g/mol. The van der Waals surface area contributed by atoms with Crippen molar-refractivity contribution in [2.75, 3.05) is 11.1 Å². The highest BCUT2D eigenvalue weighted by atomic mass is 35.5. The molecule has 4 aromatic rings. The van der Waals surface area contributed by atoms with E-state index in [1.54, 1.807) is 34.1 Å². The minimum atomic E-state index is -0.234. The standard InChI is InChI=1S/C25H23Cl2N3O2S2/c1-4-6-20-15(3)22-23(34-20)29-25(30(24(22)32)17-8-5-7-14(2)11-17)33-13-21(31)28-16-9-10-18(26)19(27)12-16/h5,7-12H,4,6,13H2,1-3H3,(H,28,31). The highest BCUT2D eigenvalue weighted by Gasteiger charge is 2.20.